The molecular formula is C25H34N6O. The third-order valence-corrected chi connectivity index (χ3v) is 7.29. The summed E-state index contributed by atoms with van der Waals surface area (Å²) in [6.07, 6.45) is 8.36. The first kappa shape index (κ1) is 21.3. The minimum atomic E-state index is -0.0913. The molecule has 2 atom stereocenters. The summed E-state index contributed by atoms with van der Waals surface area (Å²) in [7, 11) is 0. The van der Waals surface area contributed by atoms with Gasteiger partial charge in [0.1, 0.15) is 5.69 Å². The fourth-order valence-electron chi connectivity index (χ4n) is 5.31. The molecule has 0 unspecified atom stereocenters. The Hall–Kier alpha value is -2.51. The van der Waals surface area contributed by atoms with Crippen LogP contribution in [0.4, 0.5) is 5.95 Å². The maximum atomic E-state index is 13.0. The van der Waals surface area contributed by atoms with E-state index in [-0.39, 0.29) is 17.9 Å². The van der Waals surface area contributed by atoms with Crippen molar-refractivity contribution in [1.29, 1.82) is 0 Å². The average Bonchev–Trinajstić information content (AvgIpc) is 2.81. The predicted octanol–water partition coefficient (Wildman–Crippen LogP) is 2.45. The standard InChI is InChI=1S/C25H34N6O/c26-25-29-20-9-5-4-8-19(20)23(30-25)24(32)28-22-11-10-21(22)27-18-12-14-31(15-13-18)16-17-6-2-1-3-7-17/h1-3,6-7,18,21-22,27H,4-5,8-16H2,(H,28,32)(H2,26,29,30)/t21-,22+/m1/s1. The van der Waals surface area contributed by atoms with Gasteiger partial charge in [-0.05, 0) is 70.0 Å². The second kappa shape index (κ2) is 9.55. The van der Waals surface area contributed by atoms with Crippen LogP contribution in [0.15, 0.2) is 30.3 Å². The van der Waals surface area contributed by atoms with Gasteiger partial charge in [0.15, 0.2) is 0 Å². The Morgan fingerprint density at radius 2 is 1.75 bits per heavy atom. The number of hydrogen-bond donors (Lipinski definition) is 3. The Labute approximate surface area is 190 Å². The van der Waals surface area contributed by atoms with Crippen LogP contribution in [0, 0.1) is 0 Å². The lowest BCUT2D eigenvalue weighted by molar-refractivity contribution is 0.0871. The first-order chi connectivity index (χ1) is 15.7. The van der Waals surface area contributed by atoms with Crippen LogP contribution < -0.4 is 16.4 Å². The van der Waals surface area contributed by atoms with Crippen molar-refractivity contribution in [3.63, 3.8) is 0 Å². The largest absolute Gasteiger partial charge is 0.368 e. The van der Waals surface area contributed by atoms with E-state index >= 15 is 0 Å². The number of benzene rings is 1. The lowest BCUT2D eigenvalue weighted by atomic mass is 9.84. The molecule has 1 amide bonds. The Morgan fingerprint density at radius 1 is 1.00 bits per heavy atom. The number of nitrogens with zero attached hydrogens (tertiary/aromatic N) is 3. The zero-order valence-corrected chi connectivity index (χ0v) is 18.7. The lowest BCUT2D eigenvalue weighted by Gasteiger charge is -2.42. The minimum Gasteiger partial charge on any atom is -0.368 e. The number of aromatic nitrogens is 2. The molecule has 0 spiro atoms. The van der Waals surface area contributed by atoms with Crippen LogP contribution in [0.5, 0.6) is 0 Å². The number of nitrogen functional groups attached to an aromatic ring is 1. The molecule has 0 radical (unpaired) electrons. The third kappa shape index (κ3) is 4.79. The SMILES string of the molecule is Nc1nc2c(c(C(=O)N[C@H]3CC[C@H]3NC3CCN(Cc4ccccc4)CC3)n1)CCCC2. The van der Waals surface area contributed by atoms with E-state index in [2.05, 4.69) is 55.8 Å². The average molecular weight is 435 g/mol. The molecule has 1 aliphatic heterocycles. The summed E-state index contributed by atoms with van der Waals surface area (Å²) in [5.41, 5.74) is 9.72. The van der Waals surface area contributed by atoms with Gasteiger partial charge < -0.3 is 16.4 Å². The molecule has 0 bridgehead atoms. The molecule has 32 heavy (non-hydrogen) atoms. The number of anilines is 1. The topological polar surface area (TPSA) is 96.2 Å². The number of nitrogens with one attached hydrogen (secondary N) is 2. The van der Waals surface area contributed by atoms with E-state index in [1.165, 1.54) is 5.56 Å². The highest BCUT2D eigenvalue weighted by Crippen LogP contribution is 2.26. The smallest absolute Gasteiger partial charge is 0.270 e. The summed E-state index contributed by atoms with van der Waals surface area (Å²) in [6, 6.07) is 11.7. The molecule has 4 N–H and O–H groups in total. The second-order valence-electron chi connectivity index (χ2n) is 9.53. The van der Waals surface area contributed by atoms with Crippen LogP contribution in [0.3, 0.4) is 0 Å². The molecule has 2 fully saturated rings. The van der Waals surface area contributed by atoms with Crippen LogP contribution in [-0.4, -0.2) is 52.0 Å². The zero-order chi connectivity index (χ0) is 21.9. The molecule has 2 aromatic rings. The van der Waals surface area contributed by atoms with Gasteiger partial charge in [-0.1, -0.05) is 30.3 Å². The lowest BCUT2D eigenvalue weighted by Crippen LogP contribution is -2.60. The number of hydrogen-bond acceptors (Lipinski definition) is 6. The van der Waals surface area contributed by atoms with Gasteiger partial charge in [0.05, 0.1) is 0 Å². The van der Waals surface area contributed by atoms with E-state index in [1.54, 1.807) is 0 Å². The van der Waals surface area contributed by atoms with E-state index in [0.29, 0.717) is 17.8 Å². The molecular weight excluding hydrogens is 400 g/mol. The molecule has 170 valence electrons. The summed E-state index contributed by atoms with van der Waals surface area (Å²) in [5, 5.41) is 7.05. The molecule has 7 heteroatoms. The normalized spacial score (nSPS) is 23.9. The number of piperidine rings is 1. The highest BCUT2D eigenvalue weighted by molar-refractivity contribution is 5.94. The van der Waals surface area contributed by atoms with Crippen molar-refractivity contribution in [2.45, 2.75) is 76.0 Å². The monoisotopic (exact) mass is 434 g/mol. The third-order valence-electron chi connectivity index (χ3n) is 7.29. The Kier molecular flexibility index (Phi) is 6.37. The van der Waals surface area contributed by atoms with Gasteiger partial charge in [-0.15, -0.1) is 0 Å². The van der Waals surface area contributed by atoms with Crippen molar-refractivity contribution in [3.8, 4) is 0 Å². The quantitative estimate of drug-likeness (QED) is 0.646. The Morgan fingerprint density at radius 3 is 2.50 bits per heavy atom. The number of carbonyl (C=O) groups is 1. The summed E-state index contributed by atoms with van der Waals surface area (Å²) < 4.78 is 0. The van der Waals surface area contributed by atoms with Crippen LogP contribution in [0.1, 0.15) is 65.8 Å². The minimum absolute atomic E-state index is 0.0913. The van der Waals surface area contributed by atoms with E-state index < -0.39 is 0 Å². The van der Waals surface area contributed by atoms with Gasteiger partial charge in [0.2, 0.25) is 5.95 Å². The van der Waals surface area contributed by atoms with Crippen LogP contribution in [0.25, 0.3) is 0 Å². The van der Waals surface area contributed by atoms with Gasteiger partial charge in [0.25, 0.3) is 5.91 Å². The maximum absolute atomic E-state index is 13.0. The fraction of sp³-hybridized carbons (Fsp3) is 0.560. The van der Waals surface area contributed by atoms with E-state index in [0.717, 1.165) is 82.3 Å². The number of nitrogens with two attached hydrogens (primary N) is 1. The first-order valence-electron chi connectivity index (χ1n) is 12.1. The van der Waals surface area contributed by atoms with Crippen molar-refractivity contribution >= 4 is 11.9 Å². The highest BCUT2D eigenvalue weighted by atomic mass is 16.2. The van der Waals surface area contributed by atoms with Gasteiger partial charge in [-0.3, -0.25) is 9.69 Å². The first-order valence-corrected chi connectivity index (χ1v) is 12.1. The van der Waals surface area contributed by atoms with E-state index in [9.17, 15) is 4.79 Å². The number of aryl methyl sites for hydroxylation is 1. The highest BCUT2D eigenvalue weighted by Gasteiger charge is 2.35. The van der Waals surface area contributed by atoms with Crippen molar-refractivity contribution in [3.05, 3.63) is 52.8 Å². The number of rotatable bonds is 6. The maximum Gasteiger partial charge on any atom is 0.270 e. The molecule has 1 saturated heterocycles. The number of amides is 1. The Balaban J connectivity index is 1.12. The van der Waals surface area contributed by atoms with Gasteiger partial charge in [0, 0.05) is 35.9 Å². The molecule has 1 aromatic carbocycles. The molecule has 2 aliphatic carbocycles. The second-order valence-corrected chi connectivity index (χ2v) is 9.53. The van der Waals surface area contributed by atoms with Crippen LogP contribution >= 0.6 is 0 Å². The van der Waals surface area contributed by atoms with Gasteiger partial charge in [-0.25, -0.2) is 9.97 Å². The van der Waals surface area contributed by atoms with Crippen molar-refractivity contribution in [1.82, 2.24) is 25.5 Å². The van der Waals surface area contributed by atoms with Crippen LogP contribution in [0.2, 0.25) is 0 Å². The predicted molar refractivity (Wildman–Crippen MR) is 125 cm³/mol. The number of fused-ring (bicyclic) bond motifs is 1. The van der Waals surface area contributed by atoms with E-state index in [1.807, 2.05) is 0 Å². The molecule has 1 saturated carbocycles. The van der Waals surface area contributed by atoms with Crippen molar-refractivity contribution in [2.75, 3.05) is 18.8 Å². The van der Waals surface area contributed by atoms with Crippen LogP contribution in [-0.2, 0) is 19.4 Å². The molecule has 5 rings (SSSR count). The summed E-state index contributed by atoms with van der Waals surface area (Å²) in [6.45, 7) is 3.26. The summed E-state index contributed by atoms with van der Waals surface area (Å²) in [4.78, 5) is 24.2. The molecule has 2 heterocycles. The van der Waals surface area contributed by atoms with Gasteiger partial charge in [-0.2, -0.15) is 0 Å². The zero-order valence-electron chi connectivity index (χ0n) is 18.7. The summed E-state index contributed by atoms with van der Waals surface area (Å²) >= 11 is 0. The summed E-state index contributed by atoms with van der Waals surface area (Å²) in [5.74, 6) is 0.118. The Bertz CT molecular complexity index is 941. The van der Waals surface area contributed by atoms with Gasteiger partial charge >= 0.3 is 0 Å². The fourth-order valence-corrected chi connectivity index (χ4v) is 5.31. The van der Waals surface area contributed by atoms with Crippen molar-refractivity contribution < 1.29 is 4.79 Å². The molecule has 1 aromatic heterocycles. The van der Waals surface area contributed by atoms with E-state index in [4.69, 9.17) is 5.73 Å². The molecule has 3 aliphatic rings. The number of likely N-dealkylation sites (tertiary alicyclic amines) is 1. The van der Waals surface area contributed by atoms with Crippen molar-refractivity contribution in [2.24, 2.45) is 0 Å². The molecule has 7 nitrogen and oxygen atoms in total. The number of carbonyl (C=O) groups excluding carboxylic acids is 1.